The van der Waals surface area contributed by atoms with E-state index >= 15 is 0 Å². The second-order valence-corrected chi connectivity index (χ2v) is 7.66. The maximum Gasteiger partial charge on any atom is 0.416 e. The van der Waals surface area contributed by atoms with Gasteiger partial charge in [0.15, 0.2) is 11.6 Å². The van der Waals surface area contributed by atoms with E-state index in [-0.39, 0.29) is 6.04 Å². The molecule has 2 heterocycles. The van der Waals surface area contributed by atoms with E-state index in [4.69, 9.17) is 21.0 Å². The number of rotatable bonds is 3. The minimum absolute atomic E-state index is 0.0571. The van der Waals surface area contributed by atoms with E-state index in [0.29, 0.717) is 27.9 Å². The molecule has 0 fully saturated rings. The third-order valence-electron chi connectivity index (χ3n) is 5.32. The highest BCUT2D eigenvalue weighted by Gasteiger charge is 2.40. The lowest BCUT2D eigenvalue weighted by molar-refractivity contribution is -0.137. The van der Waals surface area contributed by atoms with Crippen LogP contribution >= 0.6 is 11.6 Å². The molecule has 0 saturated heterocycles. The molecule has 1 aliphatic heterocycles. The molecule has 0 bridgehead atoms. The predicted octanol–water partition coefficient (Wildman–Crippen LogP) is 6.27. The van der Waals surface area contributed by atoms with Gasteiger partial charge in [0.05, 0.1) is 17.1 Å². The second-order valence-electron chi connectivity index (χ2n) is 7.23. The lowest BCUT2D eigenvalue weighted by Crippen LogP contribution is -2.44. The third kappa shape index (κ3) is 3.65. The molecule has 0 amide bonds. The third-order valence-corrected chi connectivity index (χ3v) is 5.57. The molecule has 1 aromatic heterocycles. The van der Waals surface area contributed by atoms with Crippen LogP contribution in [0, 0.1) is 0 Å². The van der Waals surface area contributed by atoms with Gasteiger partial charge in [0.1, 0.15) is 5.76 Å². The highest BCUT2D eigenvalue weighted by molar-refractivity contribution is 6.30. The zero-order valence-corrected chi connectivity index (χ0v) is 16.5. The van der Waals surface area contributed by atoms with Crippen LogP contribution in [0.15, 0.2) is 70.1 Å². The van der Waals surface area contributed by atoms with Gasteiger partial charge in [0.2, 0.25) is 0 Å². The van der Waals surface area contributed by atoms with Crippen molar-refractivity contribution < 1.29 is 17.6 Å². The largest absolute Gasteiger partial charge is 0.453 e. The van der Waals surface area contributed by atoms with Crippen LogP contribution in [0.4, 0.5) is 13.2 Å². The highest BCUT2D eigenvalue weighted by Crippen LogP contribution is 2.34. The summed E-state index contributed by atoms with van der Waals surface area (Å²) in [6.45, 7) is 4.06. The van der Waals surface area contributed by atoms with Crippen molar-refractivity contribution in [2.45, 2.75) is 31.6 Å². The van der Waals surface area contributed by atoms with Crippen LogP contribution in [-0.4, -0.2) is 11.9 Å². The molecule has 150 valence electrons. The van der Waals surface area contributed by atoms with Crippen LogP contribution < -0.4 is 5.32 Å². The van der Waals surface area contributed by atoms with E-state index in [1.807, 2.05) is 31.2 Å². The summed E-state index contributed by atoms with van der Waals surface area (Å²) >= 11 is 5.99. The van der Waals surface area contributed by atoms with Crippen molar-refractivity contribution >= 4 is 17.4 Å². The van der Waals surface area contributed by atoms with Gasteiger partial charge in [0, 0.05) is 10.6 Å². The fourth-order valence-electron chi connectivity index (χ4n) is 3.38. The molecule has 4 rings (SSSR count). The van der Waals surface area contributed by atoms with Crippen molar-refractivity contribution in [1.82, 2.24) is 5.32 Å². The van der Waals surface area contributed by atoms with E-state index in [0.717, 1.165) is 17.7 Å². The maximum atomic E-state index is 12.7. The Morgan fingerprint density at radius 1 is 0.966 bits per heavy atom. The van der Waals surface area contributed by atoms with Crippen LogP contribution in [0.1, 0.15) is 30.7 Å². The maximum absolute atomic E-state index is 12.7. The minimum Gasteiger partial charge on any atom is -0.453 e. The van der Waals surface area contributed by atoms with Crippen LogP contribution in [0.5, 0.6) is 0 Å². The standard InChI is InChI=1S/C22H18ClF3N2O/c1-13-21(2,15-7-9-17(23)10-8-15)28-20(27-13)19-12-11-18(29-19)14-3-5-16(6-4-14)22(24,25)26/h3-13H,1-2H3,(H,27,28). The molecule has 2 atom stereocenters. The Morgan fingerprint density at radius 3 is 2.21 bits per heavy atom. The fraction of sp³-hybridized carbons (Fsp3) is 0.227. The summed E-state index contributed by atoms with van der Waals surface area (Å²) < 4.78 is 44.1. The molecule has 7 heteroatoms. The molecule has 1 N–H and O–H groups in total. The van der Waals surface area contributed by atoms with Gasteiger partial charge in [-0.2, -0.15) is 13.2 Å². The summed E-state index contributed by atoms with van der Waals surface area (Å²) in [6, 6.07) is 15.9. The van der Waals surface area contributed by atoms with Crippen molar-refractivity contribution in [1.29, 1.82) is 0 Å². The van der Waals surface area contributed by atoms with Gasteiger partial charge >= 0.3 is 6.18 Å². The fourth-order valence-corrected chi connectivity index (χ4v) is 3.51. The topological polar surface area (TPSA) is 37.5 Å². The van der Waals surface area contributed by atoms with Gasteiger partial charge < -0.3 is 9.73 Å². The van der Waals surface area contributed by atoms with Crippen LogP contribution in [-0.2, 0) is 11.7 Å². The first-order chi connectivity index (χ1) is 13.7. The van der Waals surface area contributed by atoms with Gasteiger partial charge in [-0.05, 0) is 55.8 Å². The van der Waals surface area contributed by atoms with Gasteiger partial charge in [-0.1, -0.05) is 35.9 Å². The van der Waals surface area contributed by atoms with Gasteiger partial charge in [-0.25, -0.2) is 0 Å². The number of nitrogens with zero attached hydrogens (tertiary/aromatic N) is 1. The Morgan fingerprint density at radius 2 is 1.59 bits per heavy atom. The molecule has 0 aliphatic carbocycles. The zero-order valence-electron chi connectivity index (χ0n) is 15.7. The second kappa shape index (κ2) is 6.95. The molecule has 3 aromatic rings. The minimum atomic E-state index is -4.36. The molecular weight excluding hydrogens is 401 g/mol. The first-order valence-corrected chi connectivity index (χ1v) is 9.44. The number of hydrogen-bond acceptors (Lipinski definition) is 3. The summed E-state index contributed by atoms with van der Waals surface area (Å²) in [6.07, 6.45) is -4.36. The zero-order chi connectivity index (χ0) is 20.8. The molecule has 0 radical (unpaired) electrons. The first kappa shape index (κ1) is 19.6. The lowest BCUT2D eigenvalue weighted by atomic mass is 9.87. The Labute approximate surface area is 171 Å². The van der Waals surface area contributed by atoms with Crippen LogP contribution in [0.2, 0.25) is 5.02 Å². The summed E-state index contributed by atoms with van der Waals surface area (Å²) in [5.74, 6) is 1.61. The summed E-state index contributed by atoms with van der Waals surface area (Å²) in [5.41, 5.74) is 0.489. The molecule has 0 spiro atoms. The lowest BCUT2D eigenvalue weighted by Gasteiger charge is -2.29. The average molecular weight is 419 g/mol. The highest BCUT2D eigenvalue weighted by atomic mass is 35.5. The van der Waals surface area contributed by atoms with Gasteiger partial charge in [-0.15, -0.1) is 0 Å². The molecule has 2 aromatic carbocycles. The number of aliphatic imine (C=N–C) groups is 1. The van der Waals surface area contributed by atoms with Gasteiger partial charge in [0.25, 0.3) is 0 Å². The van der Waals surface area contributed by atoms with E-state index < -0.39 is 17.3 Å². The Hall–Kier alpha value is -2.73. The number of hydrogen-bond donors (Lipinski definition) is 1. The van der Waals surface area contributed by atoms with E-state index in [1.165, 1.54) is 12.1 Å². The van der Waals surface area contributed by atoms with E-state index in [9.17, 15) is 13.2 Å². The van der Waals surface area contributed by atoms with Gasteiger partial charge in [-0.3, -0.25) is 4.99 Å². The van der Waals surface area contributed by atoms with Crippen molar-refractivity contribution in [2.24, 2.45) is 4.99 Å². The SMILES string of the molecule is CC1N=C(c2ccc(-c3ccc(C(F)(F)F)cc3)o2)NC1(C)c1ccc(Cl)cc1. The number of alkyl halides is 3. The molecule has 2 unspecified atom stereocenters. The Bertz CT molecular complexity index is 1050. The number of nitrogens with one attached hydrogen (secondary N) is 1. The van der Waals surface area contributed by atoms with Crippen LogP contribution in [0.3, 0.4) is 0 Å². The van der Waals surface area contributed by atoms with E-state index in [2.05, 4.69) is 12.2 Å². The predicted molar refractivity (Wildman–Crippen MR) is 107 cm³/mol. The van der Waals surface area contributed by atoms with E-state index in [1.54, 1.807) is 12.1 Å². The Balaban J connectivity index is 1.57. The first-order valence-electron chi connectivity index (χ1n) is 9.07. The molecule has 29 heavy (non-hydrogen) atoms. The van der Waals surface area contributed by atoms with Crippen molar-refractivity contribution in [3.63, 3.8) is 0 Å². The van der Waals surface area contributed by atoms with Crippen molar-refractivity contribution in [3.8, 4) is 11.3 Å². The average Bonchev–Trinajstić information content (AvgIpc) is 3.28. The summed E-state index contributed by atoms with van der Waals surface area (Å²) in [4.78, 5) is 4.69. The van der Waals surface area contributed by atoms with Crippen LogP contribution in [0.25, 0.3) is 11.3 Å². The van der Waals surface area contributed by atoms with Crippen molar-refractivity contribution in [3.05, 3.63) is 82.6 Å². The molecule has 0 saturated carbocycles. The number of halogens is 4. The number of benzene rings is 2. The normalized spacial score (nSPS) is 21.7. The van der Waals surface area contributed by atoms with Crippen molar-refractivity contribution in [2.75, 3.05) is 0 Å². The monoisotopic (exact) mass is 418 g/mol. The smallest absolute Gasteiger partial charge is 0.416 e. The molecular formula is C22H18ClF3N2O. The summed E-state index contributed by atoms with van der Waals surface area (Å²) in [7, 11) is 0. The number of amidine groups is 1. The molecule has 3 nitrogen and oxygen atoms in total. The Kier molecular flexibility index (Phi) is 4.69. The quantitative estimate of drug-likeness (QED) is 0.544. The molecule has 1 aliphatic rings. The number of furan rings is 1. The summed E-state index contributed by atoms with van der Waals surface area (Å²) in [5, 5.41) is 4.09.